The third-order valence-corrected chi connectivity index (χ3v) is 10.4. The van der Waals surface area contributed by atoms with E-state index in [9.17, 15) is 19.5 Å². The Kier molecular flexibility index (Phi) is 9.60. The Morgan fingerprint density at radius 2 is 1.97 bits per heavy atom. The summed E-state index contributed by atoms with van der Waals surface area (Å²) >= 11 is 1.63. The van der Waals surface area contributed by atoms with E-state index in [2.05, 4.69) is 13.2 Å². The van der Waals surface area contributed by atoms with E-state index in [1.807, 2.05) is 50.3 Å². The van der Waals surface area contributed by atoms with Gasteiger partial charge in [-0.1, -0.05) is 42.5 Å². The maximum atomic E-state index is 14.3. The van der Waals surface area contributed by atoms with Gasteiger partial charge in [0.05, 0.1) is 35.8 Å². The molecule has 2 unspecified atom stereocenters. The number of unbranched alkanes of at least 4 members (excludes halogenated alkanes) is 2. The average molecular weight is 555 g/mol. The van der Waals surface area contributed by atoms with Crippen LogP contribution in [0.15, 0.2) is 55.6 Å². The predicted molar refractivity (Wildman–Crippen MR) is 154 cm³/mol. The molecule has 2 bridgehead atoms. The van der Waals surface area contributed by atoms with Crippen molar-refractivity contribution in [3.63, 3.8) is 0 Å². The molecule has 0 aromatic heterocycles. The van der Waals surface area contributed by atoms with Crippen molar-refractivity contribution in [2.75, 3.05) is 19.8 Å². The minimum atomic E-state index is -0.765. The summed E-state index contributed by atoms with van der Waals surface area (Å²) in [5.41, 5.74) is 0.976. The number of nitrogens with zero attached hydrogens (tertiary/aromatic N) is 2. The Morgan fingerprint density at radius 1 is 1.23 bits per heavy atom. The number of esters is 1. The number of aliphatic hydroxyl groups excluding tert-OH is 1. The van der Waals surface area contributed by atoms with Crippen molar-refractivity contribution >= 4 is 29.5 Å². The lowest BCUT2D eigenvalue weighted by atomic mass is 9.71. The van der Waals surface area contributed by atoms with Gasteiger partial charge in [0, 0.05) is 17.8 Å². The molecule has 1 N–H and O–H groups in total. The largest absolute Gasteiger partial charge is 0.465 e. The van der Waals surface area contributed by atoms with Crippen LogP contribution in [-0.4, -0.2) is 80.6 Å². The Hall–Kier alpha value is -2.58. The molecule has 1 aromatic rings. The zero-order valence-corrected chi connectivity index (χ0v) is 24.0. The van der Waals surface area contributed by atoms with Crippen LogP contribution in [0.25, 0.3) is 0 Å². The Morgan fingerprint density at radius 3 is 2.62 bits per heavy atom. The molecular weight excluding hydrogens is 512 g/mol. The number of thioether (sulfide) groups is 1. The van der Waals surface area contributed by atoms with Crippen LogP contribution in [-0.2, 0) is 25.5 Å². The molecule has 3 fully saturated rings. The van der Waals surface area contributed by atoms with Gasteiger partial charge in [0.1, 0.15) is 6.04 Å². The second kappa shape index (κ2) is 12.7. The van der Waals surface area contributed by atoms with Crippen molar-refractivity contribution in [2.24, 2.45) is 11.8 Å². The van der Waals surface area contributed by atoms with Crippen LogP contribution in [0.2, 0.25) is 0 Å². The van der Waals surface area contributed by atoms with E-state index in [-0.39, 0.29) is 35.7 Å². The highest BCUT2D eigenvalue weighted by molar-refractivity contribution is 8.02. The first-order chi connectivity index (χ1) is 18.8. The Bertz CT molecular complexity index is 1060. The predicted octanol–water partition coefficient (Wildman–Crippen LogP) is 4.00. The second-order valence-electron chi connectivity index (χ2n) is 11.2. The van der Waals surface area contributed by atoms with Crippen molar-refractivity contribution < 1.29 is 24.2 Å². The molecule has 8 heteroatoms. The number of fused-ring (bicyclic) bond motifs is 1. The van der Waals surface area contributed by atoms with Gasteiger partial charge in [-0.2, -0.15) is 0 Å². The van der Waals surface area contributed by atoms with Gasteiger partial charge in [-0.05, 0) is 57.9 Å². The molecule has 0 aliphatic carbocycles. The summed E-state index contributed by atoms with van der Waals surface area (Å²) < 4.78 is 4.98. The summed E-state index contributed by atoms with van der Waals surface area (Å²) in [5, 5.41) is 10.5. The molecule has 6 atom stereocenters. The van der Waals surface area contributed by atoms with Gasteiger partial charge in [-0.3, -0.25) is 14.4 Å². The topological polar surface area (TPSA) is 87.1 Å². The van der Waals surface area contributed by atoms with Crippen molar-refractivity contribution in [3.05, 3.63) is 61.2 Å². The van der Waals surface area contributed by atoms with Gasteiger partial charge >= 0.3 is 5.97 Å². The smallest absolute Gasteiger partial charge is 0.310 e. The maximum absolute atomic E-state index is 14.3. The molecule has 1 aromatic carbocycles. The molecule has 212 valence electrons. The number of allylic oxidation sites excluding steroid dienone is 1. The number of amides is 2. The van der Waals surface area contributed by atoms with Gasteiger partial charge in [-0.15, -0.1) is 24.9 Å². The number of likely N-dealkylation sites (tertiary alicyclic amines) is 1. The number of ether oxygens (including phenoxy) is 1. The standard InChI is InChI=1S/C31H42N2O5S/c1-5-7-8-12-18-38-30(37)25-24-15-16-31(39-24)26(25)28(35)33(23(20-34)19-22-13-10-9-11-14-22)27(31)29(36)32(17-6-2)21(3)4/h5-6,9-11,13-14,21,23-27,34H,1-2,7-8,12,15-20H2,3-4H3/t23-,24-,25+,26+,27?,31?/m1/s1. The summed E-state index contributed by atoms with van der Waals surface area (Å²) in [7, 11) is 0. The van der Waals surface area contributed by atoms with E-state index < -0.39 is 28.7 Å². The van der Waals surface area contributed by atoms with Crippen LogP contribution >= 0.6 is 11.8 Å². The van der Waals surface area contributed by atoms with Gasteiger partial charge in [0.15, 0.2) is 0 Å². The van der Waals surface area contributed by atoms with Gasteiger partial charge < -0.3 is 19.6 Å². The van der Waals surface area contributed by atoms with Crippen LogP contribution in [0.4, 0.5) is 0 Å². The SMILES string of the molecule is C=CCCCCOC(=O)[C@@H]1[C@H]2C(=O)N([C@@H](CO)Cc3ccccc3)C(C(=O)N(CC=C)C(C)C)C23CC[C@H]1S3. The molecule has 3 heterocycles. The Labute approximate surface area is 236 Å². The fourth-order valence-electron chi connectivity index (χ4n) is 6.68. The summed E-state index contributed by atoms with van der Waals surface area (Å²) in [6, 6.07) is 8.26. The third-order valence-electron chi connectivity index (χ3n) is 8.44. The number of rotatable bonds is 14. The number of aliphatic hydroxyl groups is 1. The normalized spacial score (nSPS) is 27.9. The van der Waals surface area contributed by atoms with Crippen LogP contribution < -0.4 is 0 Å². The van der Waals surface area contributed by atoms with E-state index in [0.29, 0.717) is 26.0 Å². The zero-order chi connectivity index (χ0) is 28.2. The van der Waals surface area contributed by atoms with Crippen LogP contribution in [0.1, 0.15) is 51.5 Å². The van der Waals surface area contributed by atoms with E-state index in [4.69, 9.17) is 4.74 Å². The molecule has 2 amide bonds. The van der Waals surface area contributed by atoms with E-state index in [0.717, 1.165) is 31.2 Å². The molecule has 0 radical (unpaired) electrons. The molecule has 3 aliphatic heterocycles. The summed E-state index contributed by atoms with van der Waals surface area (Å²) in [6.45, 7) is 11.9. The van der Waals surface area contributed by atoms with Crippen molar-refractivity contribution in [1.82, 2.24) is 9.80 Å². The second-order valence-corrected chi connectivity index (χ2v) is 12.8. The van der Waals surface area contributed by atoms with Crippen molar-refractivity contribution in [3.8, 4) is 0 Å². The van der Waals surface area contributed by atoms with Gasteiger partial charge in [0.2, 0.25) is 11.8 Å². The minimum Gasteiger partial charge on any atom is -0.465 e. The lowest BCUT2D eigenvalue weighted by molar-refractivity contribution is -0.154. The lowest BCUT2D eigenvalue weighted by Crippen LogP contribution is -2.58. The molecule has 1 spiro atoms. The first kappa shape index (κ1) is 29.4. The molecule has 3 saturated heterocycles. The van der Waals surface area contributed by atoms with E-state index >= 15 is 0 Å². The Balaban J connectivity index is 1.69. The monoisotopic (exact) mass is 554 g/mol. The number of benzene rings is 1. The molecule has 3 aliphatic rings. The van der Waals surface area contributed by atoms with Gasteiger partial charge in [-0.25, -0.2) is 0 Å². The van der Waals surface area contributed by atoms with Crippen LogP contribution in [0, 0.1) is 11.8 Å². The summed E-state index contributed by atoms with van der Waals surface area (Å²) in [6.07, 6.45) is 7.91. The van der Waals surface area contributed by atoms with Gasteiger partial charge in [0.25, 0.3) is 0 Å². The third kappa shape index (κ3) is 5.55. The van der Waals surface area contributed by atoms with Crippen LogP contribution in [0.5, 0.6) is 0 Å². The maximum Gasteiger partial charge on any atom is 0.310 e. The number of carbonyl (C=O) groups excluding carboxylic acids is 3. The van der Waals surface area contributed by atoms with E-state index in [1.165, 1.54) is 0 Å². The highest BCUT2D eigenvalue weighted by Gasteiger charge is 2.74. The summed E-state index contributed by atoms with van der Waals surface area (Å²) in [5.74, 6) is -1.92. The van der Waals surface area contributed by atoms with Crippen molar-refractivity contribution in [1.29, 1.82) is 0 Å². The number of hydrogen-bond acceptors (Lipinski definition) is 6. The molecule has 39 heavy (non-hydrogen) atoms. The quantitative estimate of drug-likeness (QED) is 0.213. The van der Waals surface area contributed by atoms with E-state index in [1.54, 1.807) is 27.6 Å². The lowest BCUT2D eigenvalue weighted by Gasteiger charge is -2.40. The molecule has 7 nitrogen and oxygen atoms in total. The van der Waals surface area contributed by atoms with Crippen LogP contribution in [0.3, 0.4) is 0 Å². The fraction of sp³-hybridized carbons (Fsp3) is 0.581. The minimum absolute atomic E-state index is 0.0503. The fourth-order valence-corrected chi connectivity index (χ4v) is 8.87. The average Bonchev–Trinajstić information content (AvgIpc) is 3.57. The molecular formula is C31H42N2O5S. The molecule has 4 rings (SSSR count). The first-order valence-corrected chi connectivity index (χ1v) is 15.0. The highest BCUT2D eigenvalue weighted by atomic mass is 32.2. The van der Waals surface area contributed by atoms with Crippen molar-refractivity contribution in [2.45, 2.75) is 80.5 Å². The number of hydrogen-bond donors (Lipinski definition) is 1. The first-order valence-electron chi connectivity index (χ1n) is 14.1. The summed E-state index contributed by atoms with van der Waals surface area (Å²) in [4.78, 5) is 45.5. The zero-order valence-electron chi connectivity index (χ0n) is 23.2. The molecule has 0 saturated carbocycles. The number of carbonyl (C=O) groups is 3. The highest BCUT2D eigenvalue weighted by Crippen LogP contribution is 2.67.